The van der Waals surface area contributed by atoms with E-state index < -0.39 is 0 Å². The molecule has 5 heteroatoms. The maximum Gasteiger partial charge on any atom is 0.289 e. The van der Waals surface area contributed by atoms with Crippen molar-refractivity contribution in [2.24, 2.45) is 5.10 Å². The van der Waals surface area contributed by atoms with E-state index in [1.807, 2.05) is 24.3 Å². The molecule has 0 fully saturated rings. The van der Waals surface area contributed by atoms with Crippen LogP contribution in [-0.2, 0) is 13.0 Å². The van der Waals surface area contributed by atoms with Gasteiger partial charge < -0.3 is 4.57 Å². The summed E-state index contributed by atoms with van der Waals surface area (Å²) in [5.41, 5.74) is 8.52. The Morgan fingerprint density at radius 1 is 1.03 bits per heavy atom. The summed E-state index contributed by atoms with van der Waals surface area (Å²) in [5, 5.41) is 5.32. The molecule has 0 aliphatic heterocycles. The number of nitrogens with one attached hydrogen (secondary N) is 1. The van der Waals surface area contributed by atoms with Gasteiger partial charge in [0.25, 0.3) is 5.91 Å². The molecule has 30 heavy (non-hydrogen) atoms. The van der Waals surface area contributed by atoms with E-state index in [-0.39, 0.29) is 5.91 Å². The lowest BCUT2D eigenvalue weighted by Gasteiger charge is -2.08. The summed E-state index contributed by atoms with van der Waals surface area (Å²) < 4.78 is 2.28. The van der Waals surface area contributed by atoms with Gasteiger partial charge in [0.1, 0.15) is 5.69 Å². The molecule has 0 aliphatic carbocycles. The number of benzene rings is 2. The fourth-order valence-electron chi connectivity index (χ4n) is 3.57. The van der Waals surface area contributed by atoms with Gasteiger partial charge in [-0.3, -0.25) is 9.78 Å². The van der Waals surface area contributed by atoms with E-state index in [2.05, 4.69) is 70.3 Å². The van der Waals surface area contributed by atoms with Crippen LogP contribution in [0.25, 0.3) is 10.9 Å². The molecule has 0 aliphatic rings. The fraction of sp³-hybridized carbons (Fsp3) is 0.160. The predicted octanol–water partition coefficient (Wildman–Crippen LogP) is 4.72. The summed E-state index contributed by atoms with van der Waals surface area (Å²) in [6, 6.07) is 22.3. The van der Waals surface area contributed by atoms with Crippen LogP contribution in [0.15, 0.2) is 78.0 Å². The van der Waals surface area contributed by atoms with Crippen LogP contribution in [0.5, 0.6) is 0 Å². The van der Waals surface area contributed by atoms with E-state index in [1.165, 1.54) is 5.56 Å². The molecule has 0 spiro atoms. The molecule has 0 unspecified atom stereocenters. The van der Waals surface area contributed by atoms with Gasteiger partial charge in [0.05, 0.1) is 6.21 Å². The van der Waals surface area contributed by atoms with Crippen molar-refractivity contribution in [2.75, 3.05) is 0 Å². The molecule has 2 aromatic heterocycles. The molecule has 4 rings (SSSR count). The Morgan fingerprint density at radius 2 is 1.80 bits per heavy atom. The third-order valence-electron chi connectivity index (χ3n) is 5.29. The van der Waals surface area contributed by atoms with Crippen molar-refractivity contribution >= 4 is 23.0 Å². The lowest BCUT2D eigenvalue weighted by Crippen LogP contribution is -2.19. The minimum atomic E-state index is -0.320. The first-order valence-corrected chi connectivity index (χ1v) is 10.1. The zero-order valence-corrected chi connectivity index (χ0v) is 17.2. The Kier molecular flexibility index (Phi) is 5.70. The van der Waals surface area contributed by atoms with Crippen LogP contribution in [0.4, 0.5) is 0 Å². The smallest absolute Gasteiger partial charge is 0.289 e. The van der Waals surface area contributed by atoms with Crippen LogP contribution in [0.1, 0.15) is 39.8 Å². The highest BCUT2D eigenvalue weighted by Crippen LogP contribution is 2.25. The van der Waals surface area contributed by atoms with Gasteiger partial charge in [-0.15, -0.1) is 0 Å². The molecule has 0 saturated carbocycles. The average Bonchev–Trinajstić information content (AvgIpc) is 3.06. The quantitative estimate of drug-likeness (QED) is 0.379. The van der Waals surface area contributed by atoms with Crippen LogP contribution in [-0.4, -0.2) is 21.7 Å². The van der Waals surface area contributed by atoms with Crippen LogP contribution in [0.2, 0.25) is 0 Å². The van der Waals surface area contributed by atoms with Crippen LogP contribution >= 0.6 is 0 Å². The highest BCUT2D eigenvalue weighted by Gasteiger charge is 2.13. The van der Waals surface area contributed by atoms with Crippen molar-refractivity contribution in [3.63, 3.8) is 0 Å². The van der Waals surface area contributed by atoms with Crippen molar-refractivity contribution in [3.8, 4) is 0 Å². The zero-order chi connectivity index (χ0) is 20.9. The van der Waals surface area contributed by atoms with Crippen LogP contribution in [0.3, 0.4) is 0 Å². The molecule has 2 heterocycles. The number of nitrogens with zero attached hydrogens (tertiary/aromatic N) is 3. The van der Waals surface area contributed by atoms with Gasteiger partial charge in [-0.1, -0.05) is 61.5 Å². The molecule has 5 nitrogen and oxygen atoms in total. The van der Waals surface area contributed by atoms with Crippen molar-refractivity contribution in [2.45, 2.75) is 26.8 Å². The van der Waals surface area contributed by atoms with Crippen LogP contribution in [0, 0.1) is 6.92 Å². The molecule has 150 valence electrons. The molecule has 1 N–H and O–H groups in total. The first kappa shape index (κ1) is 19.6. The van der Waals surface area contributed by atoms with E-state index in [0.29, 0.717) is 5.69 Å². The summed E-state index contributed by atoms with van der Waals surface area (Å²) in [5.74, 6) is -0.320. The van der Waals surface area contributed by atoms with Gasteiger partial charge in [0.2, 0.25) is 0 Å². The van der Waals surface area contributed by atoms with Crippen molar-refractivity contribution in [3.05, 3.63) is 101 Å². The van der Waals surface area contributed by atoms with Gasteiger partial charge in [0, 0.05) is 34.9 Å². The van der Waals surface area contributed by atoms with Gasteiger partial charge >= 0.3 is 0 Å². The molecule has 1 amide bonds. The number of carbonyl (C=O) groups is 1. The van der Waals surface area contributed by atoms with E-state index in [0.717, 1.165) is 40.7 Å². The Labute approximate surface area is 176 Å². The van der Waals surface area contributed by atoms with Crippen molar-refractivity contribution in [1.82, 2.24) is 15.0 Å². The number of carbonyl (C=O) groups excluding carboxylic acids is 1. The minimum absolute atomic E-state index is 0.320. The number of hydrazone groups is 1. The topological polar surface area (TPSA) is 59.3 Å². The third-order valence-corrected chi connectivity index (χ3v) is 5.29. The largest absolute Gasteiger partial charge is 0.340 e. The number of aryl methyl sites for hydroxylation is 1. The van der Waals surface area contributed by atoms with Crippen molar-refractivity contribution < 1.29 is 4.79 Å². The predicted molar refractivity (Wildman–Crippen MR) is 121 cm³/mol. The fourth-order valence-corrected chi connectivity index (χ4v) is 3.57. The van der Waals surface area contributed by atoms with Crippen LogP contribution < -0.4 is 5.43 Å². The summed E-state index contributed by atoms with van der Waals surface area (Å²) in [4.78, 5) is 16.5. The Morgan fingerprint density at radius 3 is 2.53 bits per heavy atom. The van der Waals surface area contributed by atoms with E-state index in [1.54, 1.807) is 18.5 Å². The maximum absolute atomic E-state index is 12.3. The molecular formula is C25H24N4O. The first-order valence-electron chi connectivity index (χ1n) is 10.1. The molecule has 0 radical (unpaired) electrons. The molecular weight excluding hydrogens is 372 g/mol. The summed E-state index contributed by atoms with van der Waals surface area (Å²) in [7, 11) is 0. The highest BCUT2D eigenvalue weighted by molar-refractivity contribution is 6.02. The molecule has 0 saturated heterocycles. The van der Waals surface area contributed by atoms with Gasteiger partial charge in [-0.05, 0) is 36.6 Å². The molecule has 4 aromatic rings. The Hall–Kier alpha value is -3.73. The summed E-state index contributed by atoms with van der Waals surface area (Å²) >= 11 is 0. The lowest BCUT2D eigenvalue weighted by atomic mass is 10.1. The van der Waals surface area contributed by atoms with E-state index in [9.17, 15) is 4.79 Å². The van der Waals surface area contributed by atoms with E-state index in [4.69, 9.17) is 0 Å². The minimum Gasteiger partial charge on any atom is -0.340 e. The second-order valence-electron chi connectivity index (χ2n) is 7.19. The molecule has 2 aromatic carbocycles. The number of para-hydroxylation sites is 1. The second kappa shape index (κ2) is 8.74. The lowest BCUT2D eigenvalue weighted by molar-refractivity contribution is 0.0950. The van der Waals surface area contributed by atoms with E-state index >= 15 is 0 Å². The monoisotopic (exact) mass is 396 g/mol. The van der Waals surface area contributed by atoms with Crippen molar-refractivity contribution in [1.29, 1.82) is 0 Å². The van der Waals surface area contributed by atoms with Gasteiger partial charge in [0.15, 0.2) is 0 Å². The Balaban J connectivity index is 1.59. The number of fused-ring (bicyclic) bond motifs is 1. The second-order valence-corrected chi connectivity index (χ2v) is 7.19. The number of hydrogen-bond acceptors (Lipinski definition) is 3. The normalized spacial score (nSPS) is 11.3. The highest BCUT2D eigenvalue weighted by atomic mass is 16.2. The Bertz CT molecular complexity index is 1190. The summed E-state index contributed by atoms with van der Waals surface area (Å²) in [6.07, 6.45) is 4.33. The average molecular weight is 396 g/mol. The first-order chi connectivity index (χ1) is 14.7. The molecule has 0 bridgehead atoms. The number of aromatic nitrogens is 2. The van der Waals surface area contributed by atoms with Gasteiger partial charge in [-0.25, -0.2) is 5.43 Å². The molecule has 0 atom stereocenters. The SMILES string of the molecule is CCc1ccc(C(=O)NN=Cc2c(C)n(Cc3ccccc3)c3ccccc23)nc1. The van der Waals surface area contributed by atoms with Gasteiger partial charge in [-0.2, -0.15) is 5.10 Å². The maximum atomic E-state index is 12.3. The number of amides is 1. The zero-order valence-electron chi connectivity index (χ0n) is 17.2. The standard InChI is InChI=1S/C25H24N4O/c1-3-19-13-14-23(26-15-19)25(30)28-27-16-22-18(2)29(17-20-9-5-4-6-10-20)24-12-8-7-11-21(22)24/h4-16H,3,17H2,1-2H3,(H,28,30). The number of rotatable bonds is 6. The summed E-state index contributed by atoms with van der Waals surface area (Å²) in [6.45, 7) is 4.91. The third kappa shape index (κ3) is 4.01. The number of pyridine rings is 1. The number of hydrogen-bond donors (Lipinski definition) is 1.